The second-order valence-electron chi connectivity index (χ2n) is 4.79. The summed E-state index contributed by atoms with van der Waals surface area (Å²) in [5.74, 6) is 0.584. The minimum atomic E-state index is 0.0567. The van der Waals surface area contributed by atoms with Crippen LogP contribution in [-0.4, -0.2) is 48.8 Å². The van der Waals surface area contributed by atoms with E-state index in [0.717, 1.165) is 19.5 Å². The Morgan fingerprint density at radius 2 is 2.58 bits per heavy atom. The number of nitrogens with one attached hydrogen (secondary N) is 2. The standard InChI is InChI=1S/C13H22N4O2/c1-19-7-5-16-13(18)3-6-17-10-15-9-12(17)11-2-4-14-8-11/h9-11,14H,2-8H2,1H3,(H,16,18). The third kappa shape index (κ3) is 4.04. The molecule has 0 spiro atoms. The van der Waals surface area contributed by atoms with E-state index in [0.29, 0.717) is 32.0 Å². The molecule has 0 bridgehead atoms. The number of aromatic nitrogens is 2. The lowest BCUT2D eigenvalue weighted by molar-refractivity contribution is -0.121. The topological polar surface area (TPSA) is 68.2 Å². The number of rotatable bonds is 7. The van der Waals surface area contributed by atoms with E-state index < -0.39 is 0 Å². The molecule has 6 heteroatoms. The maximum absolute atomic E-state index is 11.6. The number of imidazole rings is 1. The fraction of sp³-hybridized carbons (Fsp3) is 0.692. The average molecular weight is 266 g/mol. The van der Waals surface area contributed by atoms with Gasteiger partial charge in [-0.15, -0.1) is 0 Å². The van der Waals surface area contributed by atoms with Crippen molar-refractivity contribution in [2.75, 3.05) is 33.4 Å². The zero-order valence-corrected chi connectivity index (χ0v) is 11.4. The van der Waals surface area contributed by atoms with Gasteiger partial charge in [0.05, 0.1) is 12.9 Å². The molecule has 2 N–H and O–H groups in total. The predicted molar refractivity (Wildman–Crippen MR) is 72.0 cm³/mol. The third-order valence-electron chi connectivity index (χ3n) is 3.43. The van der Waals surface area contributed by atoms with Crippen LogP contribution in [0.5, 0.6) is 0 Å². The fourth-order valence-electron chi connectivity index (χ4n) is 2.37. The van der Waals surface area contributed by atoms with Crippen molar-refractivity contribution in [3.05, 3.63) is 18.2 Å². The molecule has 0 saturated carbocycles. The molecule has 106 valence electrons. The molecular formula is C13H22N4O2. The van der Waals surface area contributed by atoms with E-state index >= 15 is 0 Å². The number of carbonyl (C=O) groups is 1. The van der Waals surface area contributed by atoms with Gasteiger partial charge in [0.15, 0.2) is 0 Å². The lowest BCUT2D eigenvalue weighted by atomic mass is 10.1. The Morgan fingerprint density at radius 3 is 3.32 bits per heavy atom. The number of carbonyl (C=O) groups excluding carboxylic acids is 1. The molecule has 1 unspecified atom stereocenters. The van der Waals surface area contributed by atoms with Gasteiger partial charge in [0.1, 0.15) is 0 Å². The van der Waals surface area contributed by atoms with Gasteiger partial charge in [-0.25, -0.2) is 4.98 Å². The average Bonchev–Trinajstić information content (AvgIpc) is 3.07. The van der Waals surface area contributed by atoms with E-state index in [1.165, 1.54) is 5.69 Å². The third-order valence-corrected chi connectivity index (χ3v) is 3.43. The molecule has 0 aromatic carbocycles. The van der Waals surface area contributed by atoms with Crippen LogP contribution in [0.1, 0.15) is 24.5 Å². The van der Waals surface area contributed by atoms with Crippen LogP contribution in [0.15, 0.2) is 12.5 Å². The van der Waals surface area contributed by atoms with Crippen LogP contribution in [0.2, 0.25) is 0 Å². The Hall–Kier alpha value is -1.40. The summed E-state index contributed by atoms with van der Waals surface area (Å²) < 4.78 is 6.98. The van der Waals surface area contributed by atoms with E-state index in [1.54, 1.807) is 7.11 Å². The quantitative estimate of drug-likeness (QED) is 0.688. The van der Waals surface area contributed by atoms with Crippen LogP contribution in [-0.2, 0) is 16.1 Å². The minimum absolute atomic E-state index is 0.0567. The second-order valence-corrected chi connectivity index (χ2v) is 4.79. The molecule has 1 aliphatic rings. The number of hydrogen-bond donors (Lipinski definition) is 2. The Kier molecular flexibility index (Phi) is 5.35. The summed E-state index contributed by atoms with van der Waals surface area (Å²) in [6, 6.07) is 0. The van der Waals surface area contributed by atoms with E-state index in [2.05, 4.69) is 20.2 Å². The highest BCUT2D eigenvalue weighted by Crippen LogP contribution is 2.21. The molecule has 1 atom stereocenters. The first-order valence-electron chi connectivity index (χ1n) is 6.77. The van der Waals surface area contributed by atoms with Crippen molar-refractivity contribution in [1.29, 1.82) is 0 Å². The van der Waals surface area contributed by atoms with Crippen LogP contribution in [0.4, 0.5) is 0 Å². The highest BCUT2D eigenvalue weighted by atomic mass is 16.5. The van der Waals surface area contributed by atoms with Crippen LogP contribution in [0.3, 0.4) is 0 Å². The number of nitrogens with zero attached hydrogens (tertiary/aromatic N) is 2. The molecule has 1 aliphatic heterocycles. The molecule has 2 heterocycles. The molecule has 2 rings (SSSR count). The zero-order valence-electron chi connectivity index (χ0n) is 11.4. The predicted octanol–water partition coefficient (Wildman–Crippen LogP) is 0.113. The summed E-state index contributed by atoms with van der Waals surface area (Å²) in [7, 11) is 1.62. The van der Waals surface area contributed by atoms with Gasteiger partial charge in [-0.3, -0.25) is 4.79 Å². The molecule has 0 aliphatic carbocycles. The van der Waals surface area contributed by atoms with E-state index in [9.17, 15) is 4.79 Å². The maximum Gasteiger partial charge on any atom is 0.221 e. The van der Waals surface area contributed by atoms with Gasteiger partial charge in [-0.05, 0) is 13.0 Å². The van der Waals surface area contributed by atoms with Crippen molar-refractivity contribution in [3.63, 3.8) is 0 Å². The molecule has 1 fully saturated rings. The monoisotopic (exact) mass is 266 g/mol. The highest BCUT2D eigenvalue weighted by Gasteiger charge is 2.20. The van der Waals surface area contributed by atoms with Crippen molar-refractivity contribution in [1.82, 2.24) is 20.2 Å². The molecule has 1 aromatic heterocycles. The molecule has 6 nitrogen and oxygen atoms in total. The van der Waals surface area contributed by atoms with Crippen molar-refractivity contribution in [2.45, 2.75) is 25.3 Å². The lowest BCUT2D eigenvalue weighted by Crippen LogP contribution is -2.27. The molecule has 1 amide bonds. The van der Waals surface area contributed by atoms with Gasteiger partial charge in [-0.2, -0.15) is 0 Å². The van der Waals surface area contributed by atoms with Gasteiger partial charge in [0, 0.05) is 51.0 Å². The maximum atomic E-state index is 11.6. The lowest BCUT2D eigenvalue weighted by Gasteiger charge is -2.12. The molecule has 1 aromatic rings. The zero-order chi connectivity index (χ0) is 13.5. The Morgan fingerprint density at radius 1 is 1.68 bits per heavy atom. The second kappa shape index (κ2) is 7.25. The van der Waals surface area contributed by atoms with Crippen molar-refractivity contribution in [2.24, 2.45) is 0 Å². The van der Waals surface area contributed by atoms with Crippen LogP contribution < -0.4 is 10.6 Å². The van der Waals surface area contributed by atoms with E-state index in [-0.39, 0.29) is 5.91 Å². The number of aryl methyl sites for hydroxylation is 1. The summed E-state index contributed by atoms with van der Waals surface area (Å²) in [4.78, 5) is 15.8. The van der Waals surface area contributed by atoms with Gasteiger partial charge in [-0.1, -0.05) is 0 Å². The van der Waals surface area contributed by atoms with Crippen molar-refractivity contribution < 1.29 is 9.53 Å². The fourth-order valence-corrected chi connectivity index (χ4v) is 2.37. The summed E-state index contributed by atoms with van der Waals surface area (Å²) >= 11 is 0. The Labute approximate surface area is 113 Å². The molecule has 19 heavy (non-hydrogen) atoms. The van der Waals surface area contributed by atoms with Crippen LogP contribution in [0.25, 0.3) is 0 Å². The minimum Gasteiger partial charge on any atom is -0.383 e. The molecular weight excluding hydrogens is 244 g/mol. The Balaban J connectivity index is 1.79. The first-order chi connectivity index (χ1) is 9.31. The SMILES string of the molecule is COCCNC(=O)CCn1cncc1C1CCNC1. The van der Waals surface area contributed by atoms with Crippen LogP contribution in [0, 0.1) is 0 Å². The van der Waals surface area contributed by atoms with Gasteiger partial charge >= 0.3 is 0 Å². The number of hydrogen-bond acceptors (Lipinski definition) is 4. The number of ether oxygens (including phenoxy) is 1. The number of amides is 1. The normalized spacial score (nSPS) is 18.7. The van der Waals surface area contributed by atoms with Gasteiger partial charge in [0.2, 0.25) is 5.91 Å². The highest BCUT2D eigenvalue weighted by molar-refractivity contribution is 5.75. The Bertz CT molecular complexity index is 399. The van der Waals surface area contributed by atoms with Crippen molar-refractivity contribution >= 4 is 5.91 Å². The summed E-state index contributed by atoms with van der Waals surface area (Å²) in [5, 5.41) is 6.18. The summed E-state index contributed by atoms with van der Waals surface area (Å²) in [5.41, 5.74) is 1.23. The van der Waals surface area contributed by atoms with E-state index in [4.69, 9.17) is 4.74 Å². The van der Waals surface area contributed by atoms with E-state index in [1.807, 2.05) is 12.5 Å². The first-order valence-corrected chi connectivity index (χ1v) is 6.77. The smallest absolute Gasteiger partial charge is 0.221 e. The largest absolute Gasteiger partial charge is 0.383 e. The molecule has 0 radical (unpaired) electrons. The first kappa shape index (κ1) is 14.0. The molecule has 1 saturated heterocycles. The van der Waals surface area contributed by atoms with Crippen molar-refractivity contribution in [3.8, 4) is 0 Å². The van der Waals surface area contributed by atoms with Crippen LogP contribution >= 0.6 is 0 Å². The van der Waals surface area contributed by atoms with Gasteiger partial charge < -0.3 is 19.9 Å². The summed E-state index contributed by atoms with van der Waals surface area (Å²) in [6.45, 7) is 3.87. The number of methoxy groups -OCH3 is 1. The summed E-state index contributed by atoms with van der Waals surface area (Å²) in [6.07, 6.45) is 5.36. The van der Waals surface area contributed by atoms with Gasteiger partial charge in [0.25, 0.3) is 0 Å².